The van der Waals surface area contributed by atoms with Gasteiger partial charge in [-0.2, -0.15) is 0 Å². The topological polar surface area (TPSA) is 28.4 Å². The number of unbranched alkanes of at least 4 members (excludes halogenated alkanes) is 3. The van der Waals surface area contributed by atoms with Crippen LogP contribution < -0.4 is 0 Å². The monoisotopic (exact) mass is 292 g/mol. The minimum Gasteiger partial charge on any atom is -0.395 e. The van der Waals surface area contributed by atoms with Gasteiger partial charge in [0.1, 0.15) is 0 Å². The molecule has 0 saturated heterocycles. The summed E-state index contributed by atoms with van der Waals surface area (Å²) in [5.74, 6) is 0.495. The molecule has 1 aliphatic heterocycles. The highest BCUT2D eigenvalue weighted by Gasteiger charge is 2.32. The lowest BCUT2D eigenvalue weighted by molar-refractivity contribution is 0.0316. The molecule has 0 amide bonds. The number of rotatable bonds is 8. The Morgan fingerprint density at radius 1 is 1.24 bits per heavy atom. The van der Waals surface area contributed by atoms with Gasteiger partial charge < -0.3 is 9.67 Å². The fraction of sp³-hybridized carbons (Fsp3) is 0.778. The Kier molecular flexibility index (Phi) is 6.31. The number of hydrogen-bond donors (Lipinski definition) is 1. The lowest BCUT2D eigenvalue weighted by atomic mass is 9.95. The second-order valence-corrected chi connectivity index (χ2v) is 6.72. The Bertz CT molecular complexity index is 413. The first-order chi connectivity index (χ1) is 10.2. The van der Waals surface area contributed by atoms with Crippen LogP contribution in [0.15, 0.2) is 18.3 Å². The Balaban J connectivity index is 2.11. The lowest BCUT2D eigenvalue weighted by Crippen LogP contribution is -2.48. The minimum atomic E-state index is 0.268. The lowest BCUT2D eigenvalue weighted by Gasteiger charge is -2.43. The van der Waals surface area contributed by atoms with Crippen LogP contribution >= 0.6 is 0 Å². The van der Waals surface area contributed by atoms with Crippen molar-refractivity contribution in [1.82, 2.24) is 9.47 Å². The van der Waals surface area contributed by atoms with Crippen molar-refractivity contribution < 1.29 is 5.11 Å². The van der Waals surface area contributed by atoms with Gasteiger partial charge >= 0.3 is 0 Å². The summed E-state index contributed by atoms with van der Waals surface area (Å²) in [6.07, 6.45) is 8.66. The zero-order valence-corrected chi connectivity index (χ0v) is 14.0. The van der Waals surface area contributed by atoms with Crippen molar-refractivity contribution in [3.63, 3.8) is 0 Å². The van der Waals surface area contributed by atoms with Crippen molar-refractivity contribution in [2.75, 3.05) is 13.2 Å². The van der Waals surface area contributed by atoms with Gasteiger partial charge in [0, 0.05) is 31.0 Å². The Morgan fingerprint density at radius 3 is 2.71 bits per heavy atom. The summed E-state index contributed by atoms with van der Waals surface area (Å²) in [6.45, 7) is 9.09. The molecular formula is C18H32N2O. The van der Waals surface area contributed by atoms with Crippen LogP contribution in [0, 0.1) is 5.92 Å². The van der Waals surface area contributed by atoms with Gasteiger partial charge in [-0.1, -0.05) is 46.5 Å². The molecule has 0 spiro atoms. The molecule has 3 heteroatoms. The number of nitrogens with zero attached hydrogens (tertiary/aromatic N) is 2. The van der Waals surface area contributed by atoms with E-state index in [1.54, 1.807) is 0 Å². The van der Waals surface area contributed by atoms with E-state index in [2.05, 4.69) is 48.6 Å². The second-order valence-electron chi connectivity index (χ2n) is 6.72. The maximum Gasteiger partial charge on any atom is 0.0589 e. The highest BCUT2D eigenvalue weighted by Crippen LogP contribution is 2.33. The molecule has 1 aromatic rings. The van der Waals surface area contributed by atoms with E-state index in [4.69, 9.17) is 0 Å². The molecule has 0 radical (unpaired) electrons. The molecule has 3 nitrogen and oxygen atoms in total. The smallest absolute Gasteiger partial charge is 0.0589 e. The molecule has 2 atom stereocenters. The van der Waals surface area contributed by atoms with Crippen LogP contribution in [0.1, 0.15) is 64.6 Å². The minimum absolute atomic E-state index is 0.268. The van der Waals surface area contributed by atoms with Crippen LogP contribution in [0.5, 0.6) is 0 Å². The number of hydrogen-bond acceptors (Lipinski definition) is 2. The average Bonchev–Trinajstić information content (AvgIpc) is 2.93. The fourth-order valence-electron chi connectivity index (χ4n) is 3.66. The highest BCUT2D eigenvalue weighted by atomic mass is 16.3. The SMILES string of the molecule is CCCCCC[C@@H]1c2cccn2CCN1[C@H](CO)C(C)C. The fourth-order valence-corrected chi connectivity index (χ4v) is 3.66. The highest BCUT2D eigenvalue weighted by molar-refractivity contribution is 5.15. The van der Waals surface area contributed by atoms with E-state index in [9.17, 15) is 5.11 Å². The molecular weight excluding hydrogens is 260 g/mol. The van der Waals surface area contributed by atoms with Crippen molar-refractivity contribution in [2.24, 2.45) is 5.92 Å². The molecule has 0 unspecified atom stereocenters. The number of aliphatic hydroxyl groups excluding tert-OH is 1. The first-order valence-corrected chi connectivity index (χ1v) is 8.70. The van der Waals surface area contributed by atoms with E-state index in [-0.39, 0.29) is 12.6 Å². The largest absolute Gasteiger partial charge is 0.395 e. The maximum atomic E-state index is 9.83. The second kappa shape index (κ2) is 8.00. The molecule has 0 aromatic carbocycles. The molecule has 0 saturated carbocycles. The molecule has 1 aromatic heterocycles. The van der Waals surface area contributed by atoms with Gasteiger partial charge in [0.2, 0.25) is 0 Å². The van der Waals surface area contributed by atoms with Crippen molar-refractivity contribution >= 4 is 0 Å². The van der Waals surface area contributed by atoms with E-state index in [0.29, 0.717) is 12.0 Å². The van der Waals surface area contributed by atoms with Crippen molar-refractivity contribution in [3.05, 3.63) is 24.0 Å². The normalized spacial score (nSPS) is 20.7. The quantitative estimate of drug-likeness (QED) is 0.738. The van der Waals surface area contributed by atoms with Gasteiger partial charge in [0.15, 0.2) is 0 Å². The molecule has 1 N–H and O–H groups in total. The Hall–Kier alpha value is -0.800. The van der Waals surface area contributed by atoms with Crippen LogP contribution in [0.25, 0.3) is 0 Å². The third kappa shape index (κ3) is 3.89. The van der Waals surface area contributed by atoms with Gasteiger partial charge in [-0.25, -0.2) is 0 Å². The number of fused-ring (bicyclic) bond motifs is 1. The molecule has 0 bridgehead atoms. The molecule has 2 rings (SSSR count). The van der Waals surface area contributed by atoms with Crippen molar-refractivity contribution in [1.29, 1.82) is 0 Å². The predicted molar refractivity (Wildman–Crippen MR) is 88.3 cm³/mol. The van der Waals surface area contributed by atoms with E-state index >= 15 is 0 Å². The first kappa shape index (κ1) is 16.6. The van der Waals surface area contributed by atoms with Crippen LogP contribution in [0.3, 0.4) is 0 Å². The van der Waals surface area contributed by atoms with Gasteiger partial charge in [-0.15, -0.1) is 0 Å². The molecule has 0 fully saturated rings. The van der Waals surface area contributed by atoms with Gasteiger partial charge in [0.25, 0.3) is 0 Å². The zero-order valence-electron chi connectivity index (χ0n) is 14.0. The third-order valence-corrected chi connectivity index (χ3v) is 4.92. The van der Waals surface area contributed by atoms with Crippen LogP contribution in [0.2, 0.25) is 0 Å². The summed E-state index contributed by atoms with van der Waals surface area (Å²) in [7, 11) is 0. The van der Waals surface area contributed by atoms with Gasteiger partial charge in [0.05, 0.1) is 12.6 Å². The van der Waals surface area contributed by atoms with Crippen LogP contribution in [-0.2, 0) is 6.54 Å². The summed E-state index contributed by atoms with van der Waals surface area (Å²) >= 11 is 0. The summed E-state index contributed by atoms with van der Waals surface area (Å²) in [5.41, 5.74) is 1.44. The predicted octanol–water partition coefficient (Wildman–Crippen LogP) is 3.83. The summed E-state index contributed by atoms with van der Waals surface area (Å²) in [5, 5.41) is 9.83. The van der Waals surface area contributed by atoms with Crippen LogP contribution in [-0.4, -0.2) is 33.8 Å². The van der Waals surface area contributed by atoms with E-state index in [1.165, 1.54) is 37.8 Å². The number of aliphatic hydroxyl groups is 1. The summed E-state index contributed by atoms with van der Waals surface area (Å²) in [4.78, 5) is 2.56. The summed E-state index contributed by atoms with van der Waals surface area (Å²) in [6, 6.07) is 5.20. The summed E-state index contributed by atoms with van der Waals surface area (Å²) < 4.78 is 2.40. The molecule has 21 heavy (non-hydrogen) atoms. The van der Waals surface area contributed by atoms with E-state index < -0.39 is 0 Å². The van der Waals surface area contributed by atoms with E-state index in [0.717, 1.165) is 13.1 Å². The maximum absolute atomic E-state index is 9.83. The molecule has 0 aliphatic carbocycles. The molecule has 120 valence electrons. The van der Waals surface area contributed by atoms with Crippen molar-refractivity contribution in [3.8, 4) is 0 Å². The van der Waals surface area contributed by atoms with E-state index in [1.807, 2.05) is 0 Å². The zero-order chi connectivity index (χ0) is 15.2. The first-order valence-electron chi connectivity index (χ1n) is 8.70. The molecule has 2 heterocycles. The Labute approximate surface area is 130 Å². The average molecular weight is 292 g/mol. The van der Waals surface area contributed by atoms with Gasteiger partial charge in [-0.3, -0.25) is 4.90 Å². The van der Waals surface area contributed by atoms with Gasteiger partial charge in [-0.05, 0) is 24.5 Å². The third-order valence-electron chi connectivity index (χ3n) is 4.92. The Morgan fingerprint density at radius 2 is 2.05 bits per heavy atom. The van der Waals surface area contributed by atoms with Crippen LogP contribution in [0.4, 0.5) is 0 Å². The number of aromatic nitrogens is 1. The standard InChI is InChI=1S/C18H32N2O/c1-4-5-6-7-9-17-16-10-8-11-19(16)12-13-20(17)18(14-21)15(2)3/h8,10-11,15,17-18,21H,4-7,9,12-14H2,1-3H3/t17-,18-/m1/s1. The van der Waals surface area contributed by atoms with Crippen molar-refractivity contribution in [2.45, 2.75) is 71.5 Å². The molecule has 1 aliphatic rings.